The molecule has 0 atom stereocenters. The average Bonchev–Trinajstić information content (AvgIpc) is 2.34. The van der Waals surface area contributed by atoms with Crippen molar-refractivity contribution in [3.8, 4) is 0 Å². The fraction of sp³-hybridized carbons (Fsp3) is 0. The molecule has 54 valence electrons. The molecule has 0 bridgehead atoms. The molecule has 1 aromatic heterocycles. The zero-order valence-corrected chi connectivity index (χ0v) is 6.23. The van der Waals surface area contributed by atoms with Crippen LogP contribution >= 0.6 is 23.2 Å². The van der Waals surface area contributed by atoms with Crippen LogP contribution in [-0.2, 0) is 0 Å². The van der Waals surface area contributed by atoms with Crippen LogP contribution in [0.25, 0.3) is 0 Å². The highest BCUT2D eigenvalue weighted by atomic mass is 35.5. The monoisotopic (exact) mass is 179 g/mol. The van der Waals surface area contributed by atoms with Crippen molar-refractivity contribution < 1.29 is 9.62 Å². The number of furan rings is 1. The lowest BCUT2D eigenvalue weighted by Gasteiger charge is -1.85. The van der Waals surface area contributed by atoms with Crippen molar-refractivity contribution in [1.29, 1.82) is 0 Å². The Morgan fingerprint density at radius 3 is 2.70 bits per heavy atom. The van der Waals surface area contributed by atoms with Crippen molar-refractivity contribution in [2.75, 3.05) is 0 Å². The van der Waals surface area contributed by atoms with Gasteiger partial charge in [0.05, 0.1) is 0 Å². The molecule has 0 radical (unpaired) electrons. The van der Waals surface area contributed by atoms with E-state index >= 15 is 0 Å². The SMILES string of the molecule is O/N=C(\Cl)c1ccc(Cl)o1. The summed E-state index contributed by atoms with van der Waals surface area (Å²) >= 11 is 10.8. The quantitative estimate of drug-likeness (QED) is 0.409. The molecule has 0 fully saturated rings. The Morgan fingerprint density at radius 2 is 2.30 bits per heavy atom. The minimum absolute atomic E-state index is 0.119. The van der Waals surface area contributed by atoms with Crippen molar-refractivity contribution in [1.82, 2.24) is 0 Å². The maximum Gasteiger partial charge on any atom is 0.210 e. The summed E-state index contributed by atoms with van der Waals surface area (Å²) < 4.78 is 4.78. The van der Waals surface area contributed by atoms with E-state index in [1.54, 1.807) is 0 Å². The van der Waals surface area contributed by atoms with Crippen LogP contribution in [-0.4, -0.2) is 10.4 Å². The smallest absolute Gasteiger partial charge is 0.210 e. The molecule has 0 unspecified atom stereocenters. The van der Waals surface area contributed by atoms with Crippen LogP contribution in [0.5, 0.6) is 0 Å². The van der Waals surface area contributed by atoms with E-state index in [0.29, 0.717) is 0 Å². The Morgan fingerprint density at radius 1 is 1.60 bits per heavy atom. The van der Waals surface area contributed by atoms with Gasteiger partial charge in [0.1, 0.15) is 0 Å². The second-order valence-electron chi connectivity index (χ2n) is 1.49. The molecule has 1 heterocycles. The lowest BCUT2D eigenvalue weighted by Crippen LogP contribution is -1.85. The van der Waals surface area contributed by atoms with E-state index in [1.165, 1.54) is 12.1 Å². The zero-order valence-electron chi connectivity index (χ0n) is 4.71. The molecule has 5 heteroatoms. The fourth-order valence-corrected chi connectivity index (χ4v) is 0.722. The Labute approximate surface area is 66.8 Å². The number of hydrogen-bond donors (Lipinski definition) is 1. The molecule has 0 saturated heterocycles. The topological polar surface area (TPSA) is 45.7 Å². The summed E-state index contributed by atoms with van der Waals surface area (Å²) in [6, 6.07) is 3.01. The van der Waals surface area contributed by atoms with E-state index < -0.39 is 0 Å². The summed E-state index contributed by atoms with van der Waals surface area (Å²) in [5.74, 6) is 0.245. The third-order valence-electron chi connectivity index (χ3n) is 0.864. The van der Waals surface area contributed by atoms with Gasteiger partial charge in [0.25, 0.3) is 0 Å². The first kappa shape index (κ1) is 7.44. The van der Waals surface area contributed by atoms with Gasteiger partial charge >= 0.3 is 0 Å². The van der Waals surface area contributed by atoms with Crippen molar-refractivity contribution in [2.24, 2.45) is 5.16 Å². The third-order valence-corrected chi connectivity index (χ3v) is 1.33. The van der Waals surface area contributed by atoms with Crippen molar-refractivity contribution in [2.45, 2.75) is 0 Å². The Hall–Kier alpha value is -0.670. The van der Waals surface area contributed by atoms with Crippen molar-refractivity contribution in [3.63, 3.8) is 0 Å². The second-order valence-corrected chi connectivity index (χ2v) is 2.23. The molecule has 0 saturated carbocycles. The molecule has 0 spiro atoms. The van der Waals surface area contributed by atoms with E-state index in [2.05, 4.69) is 5.16 Å². The van der Waals surface area contributed by atoms with Crippen LogP contribution in [0, 0.1) is 0 Å². The van der Waals surface area contributed by atoms with Gasteiger partial charge in [-0.2, -0.15) is 0 Å². The predicted octanol–water partition coefficient (Wildman–Crippen LogP) is 2.31. The van der Waals surface area contributed by atoms with Crippen molar-refractivity contribution >= 4 is 28.4 Å². The highest BCUT2D eigenvalue weighted by molar-refractivity contribution is 6.69. The van der Waals surface area contributed by atoms with E-state index in [-0.39, 0.29) is 16.2 Å². The summed E-state index contributed by atoms with van der Waals surface area (Å²) in [6.45, 7) is 0. The first-order chi connectivity index (χ1) is 4.74. The molecule has 0 aliphatic heterocycles. The normalized spacial score (nSPS) is 12.0. The van der Waals surface area contributed by atoms with Gasteiger partial charge < -0.3 is 9.62 Å². The molecule has 1 rings (SSSR count). The number of rotatable bonds is 1. The first-order valence-corrected chi connectivity index (χ1v) is 3.13. The molecule has 1 aromatic rings. The second kappa shape index (κ2) is 2.94. The average molecular weight is 180 g/mol. The highest BCUT2D eigenvalue weighted by Gasteiger charge is 2.04. The molecular weight excluding hydrogens is 177 g/mol. The maximum atomic E-state index is 8.15. The summed E-state index contributed by atoms with van der Waals surface area (Å²) in [7, 11) is 0. The van der Waals surface area contributed by atoms with Gasteiger partial charge in [-0.25, -0.2) is 0 Å². The van der Waals surface area contributed by atoms with Crippen LogP contribution < -0.4 is 0 Å². The van der Waals surface area contributed by atoms with Crippen LogP contribution in [0.1, 0.15) is 5.76 Å². The van der Waals surface area contributed by atoms with Gasteiger partial charge in [0.2, 0.25) is 5.17 Å². The number of hydrogen-bond acceptors (Lipinski definition) is 3. The highest BCUT2D eigenvalue weighted by Crippen LogP contribution is 2.14. The van der Waals surface area contributed by atoms with Gasteiger partial charge in [-0.15, -0.1) is 0 Å². The standard InChI is InChI=1S/C5H3Cl2NO2/c6-4-2-1-3(10-4)5(7)8-9/h1-2,9H/b8-5-. The van der Waals surface area contributed by atoms with Crippen molar-refractivity contribution in [3.05, 3.63) is 23.1 Å². The summed E-state index contributed by atoms with van der Waals surface area (Å²) in [6.07, 6.45) is 0. The minimum Gasteiger partial charge on any atom is -0.442 e. The van der Waals surface area contributed by atoms with E-state index in [4.69, 9.17) is 32.8 Å². The molecular formula is C5H3Cl2NO2. The van der Waals surface area contributed by atoms with Gasteiger partial charge in [-0.1, -0.05) is 16.8 Å². The Kier molecular flexibility index (Phi) is 2.19. The molecule has 0 amide bonds. The molecule has 0 aliphatic rings. The van der Waals surface area contributed by atoms with E-state index in [9.17, 15) is 0 Å². The largest absolute Gasteiger partial charge is 0.442 e. The van der Waals surface area contributed by atoms with E-state index in [1.807, 2.05) is 0 Å². The minimum atomic E-state index is -0.119. The summed E-state index contributed by atoms with van der Waals surface area (Å²) in [4.78, 5) is 0. The predicted molar refractivity (Wildman–Crippen MR) is 37.9 cm³/mol. The van der Waals surface area contributed by atoms with Crippen LogP contribution in [0.2, 0.25) is 5.22 Å². The molecule has 3 nitrogen and oxygen atoms in total. The fourth-order valence-electron chi connectivity index (χ4n) is 0.474. The van der Waals surface area contributed by atoms with Gasteiger partial charge in [0, 0.05) is 0 Å². The Balaban J connectivity index is 2.95. The van der Waals surface area contributed by atoms with Gasteiger partial charge in [-0.05, 0) is 23.7 Å². The number of nitrogens with zero attached hydrogens (tertiary/aromatic N) is 1. The van der Waals surface area contributed by atoms with E-state index in [0.717, 1.165) is 0 Å². The first-order valence-electron chi connectivity index (χ1n) is 2.37. The lowest BCUT2D eigenvalue weighted by atomic mass is 10.5. The molecule has 10 heavy (non-hydrogen) atoms. The molecule has 0 aromatic carbocycles. The zero-order chi connectivity index (χ0) is 7.56. The number of halogens is 2. The lowest BCUT2D eigenvalue weighted by molar-refractivity contribution is 0.319. The third kappa shape index (κ3) is 1.43. The Bertz CT molecular complexity index is 256. The number of oxime groups is 1. The van der Waals surface area contributed by atoms with Crippen LogP contribution in [0.3, 0.4) is 0 Å². The summed E-state index contributed by atoms with van der Waals surface area (Å²) in [5.41, 5.74) is 0. The maximum absolute atomic E-state index is 8.15. The van der Waals surface area contributed by atoms with Gasteiger partial charge in [-0.3, -0.25) is 0 Å². The van der Waals surface area contributed by atoms with Crippen LogP contribution in [0.15, 0.2) is 21.7 Å². The molecule has 1 N–H and O–H groups in total. The van der Waals surface area contributed by atoms with Crippen LogP contribution in [0.4, 0.5) is 0 Å². The van der Waals surface area contributed by atoms with Gasteiger partial charge in [0.15, 0.2) is 11.0 Å². The summed E-state index contributed by atoms with van der Waals surface area (Å²) in [5, 5.41) is 10.9. The molecule has 0 aliphatic carbocycles.